The highest BCUT2D eigenvalue weighted by Gasteiger charge is 2.09. The molecule has 0 saturated heterocycles. The van der Waals surface area contributed by atoms with E-state index >= 15 is 0 Å². The van der Waals surface area contributed by atoms with Crippen LogP contribution in [0.4, 0.5) is 0 Å². The molecule has 6 heteroatoms. The molecule has 120 valence electrons. The summed E-state index contributed by atoms with van der Waals surface area (Å²) in [4.78, 5) is 2.24. The third-order valence-electron chi connectivity index (χ3n) is 3.70. The Kier molecular flexibility index (Phi) is 4.83. The molecule has 23 heavy (non-hydrogen) atoms. The lowest BCUT2D eigenvalue weighted by atomic mass is 10.2. The van der Waals surface area contributed by atoms with E-state index in [1.165, 1.54) is 0 Å². The molecule has 1 aromatic carbocycles. The second-order valence-corrected chi connectivity index (χ2v) is 5.70. The molecule has 2 heterocycles. The number of benzene rings is 1. The van der Waals surface area contributed by atoms with Crippen molar-refractivity contribution in [3.8, 4) is 5.69 Å². The maximum Gasteiger partial charge on any atom is 0.156 e. The van der Waals surface area contributed by atoms with Gasteiger partial charge in [0.15, 0.2) is 5.82 Å². The van der Waals surface area contributed by atoms with Crippen molar-refractivity contribution >= 4 is 0 Å². The van der Waals surface area contributed by atoms with E-state index in [0.717, 1.165) is 49.0 Å². The van der Waals surface area contributed by atoms with Crippen LogP contribution in [0.3, 0.4) is 0 Å². The normalized spacial score (nSPS) is 11.3. The van der Waals surface area contributed by atoms with Crippen LogP contribution < -0.4 is 0 Å². The Bertz CT molecular complexity index is 734. The number of hydrogen-bond acceptors (Lipinski definition) is 5. The van der Waals surface area contributed by atoms with Gasteiger partial charge < -0.3 is 4.42 Å². The van der Waals surface area contributed by atoms with E-state index < -0.39 is 0 Å². The summed E-state index contributed by atoms with van der Waals surface area (Å²) in [6, 6.07) is 14.0. The number of nitrogens with zero attached hydrogens (tertiary/aromatic N) is 5. The van der Waals surface area contributed by atoms with Gasteiger partial charge in [-0.3, -0.25) is 4.90 Å². The summed E-state index contributed by atoms with van der Waals surface area (Å²) in [6.45, 7) is 3.74. The molecule has 0 saturated carbocycles. The molecule has 0 fully saturated rings. The summed E-state index contributed by atoms with van der Waals surface area (Å²) in [7, 11) is 2.10. The van der Waals surface area contributed by atoms with Gasteiger partial charge in [-0.2, -0.15) is 4.68 Å². The number of hydrogen-bond donors (Lipinski definition) is 0. The van der Waals surface area contributed by atoms with Gasteiger partial charge in [0.25, 0.3) is 0 Å². The molecule has 0 amide bonds. The summed E-state index contributed by atoms with van der Waals surface area (Å²) >= 11 is 0. The maximum absolute atomic E-state index is 5.61. The van der Waals surface area contributed by atoms with Gasteiger partial charge in [0.05, 0.1) is 12.2 Å². The quantitative estimate of drug-likeness (QED) is 0.671. The minimum atomic E-state index is 0.817. The van der Waals surface area contributed by atoms with Crippen molar-refractivity contribution < 1.29 is 4.42 Å². The fraction of sp³-hybridized carbons (Fsp3) is 0.353. The largest absolute Gasteiger partial charge is 0.465 e. The minimum absolute atomic E-state index is 0.817. The van der Waals surface area contributed by atoms with Gasteiger partial charge in [0.2, 0.25) is 0 Å². The Labute approximate surface area is 135 Å². The first kappa shape index (κ1) is 15.4. The molecule has 0 spiro atoms. The molecule has 0 unspecified atom stereocenters. The van der Waals surface area contributed by atoms with Crippen LogP contribution in [0.1, 0.15) is 23.8 Å². The van der Waals surface area contributed by atoms with Gasteiger partial charge in [-0.25, -0.2) is 0 Å². The van der Waals surface area contributed by atoms with Crippen molar-refractivity contribution in [2.45, 2.75) is 26.3 Å². The predicted octanol–water partition coefficient (Wildman–Crippen LogP) is 2.63. The Morgan fingerprint density at radius 1 is 1.13 bits per heavy atom. The SMILES string of the molecule is Cc1ccc(CN(C)CCCc2nnnn2-c2ccccc2)o1. The number of aromatic nitrogens is 4. The fourth-order valence-corrected chi connectivity index (χ4v) is 2.55. The van der Waals surface area contributed by atoms with Crippen molar-refractivity contribution in [2.24, 2.45) is 0 Å². The zero-order chi connectivity index (χ0) is 16.1. The van der Waals surface area contributed by atoms with Crippen LogP contribution in [0, 0.1) is 6.92 Å². The van der Waals surface area contributed by atoms with E-state index in [2.05, 4.69) is 27.5 Å². The number of para-hydroxylation sites is 1. The fourth-order valence-electron chi connectivity index (χ4n) is 2.55. The number of aryl methyl sites for hydroxylation is 2. The van der Waals surface area contributed by atoms with Crippen LogP contribution in [0.2, 0.25) is 0 Å². The second kappa shape index (κ2) is 7.19. The van der Waals surface area contributed by atoms with Crippen LogP contribution in [0.15, 0.2) is 46.9 Å². The van der Waals surface area contributed by atoms with Crippen molar-refractivity contribution in [3.05, 3.63) is 59.8 Å². The van der Waals surface area contributed by atoms with Gasteiger partial charge in [0.1, 0.15) is 11.5 Å². The first-order valence-corrected chi connectivity index (χ1v) is 7.79. The molecular weight excluding hydrogens is 290 g/mol. The van der Waals surface area contributed by atoms with Crippen molar-refractivity contribution in [2.75, 3.05) is 13.6 Å². The standard InChI is InChI=1S/C17H21N5O/c1-14-10-11-16(23-14)13-21(2)12-6-9-17-18-19-20-22(17)15-7-4-3-5-8-15/h3-5,7-8,10-11H,6,9,12-13H2,1-2H3. The van der Waals surface area contributed by atoms with E-state index in [-0.39, 0.29) is 0 Å². The highest BCUT2D eigenvalue weighted by molar-refractivity contribution is 5.30. The van der Waals surface area contributed by atoms with E-state index in [1.807, 2.05) is 49.4 Å². The molecule has 0 N–H and O–H groups in total. The third kappa shape index (κ3) is 4.04. The zero-order valence-corrected chi connectivity index (χ0v) is 13.5. The van der Waals surface area contributed by atoms with Crippen LogP contribution in [0.25, 0.3) is 5.69 Å². The van der Waals surface area contributed by atoms with Crippen LogP contribution in [0.5, 0.6) is 0 Å². The van der Waals surface area contributed by atoms with Gasteiger partial charge in [0, 0.05) is 6.42 Å². The topological polar surface area (TPSA) is 60.0 Å². The van der Waals surface area contributed by atoms with Gasteiger partial charge in [-0.05, 0) is 61.6 Å². The molecule has 0 aliphatic rings. The molecule has 0 radical (unpaired) electrons. The van der Waals surface area contributed by atoms with E-state index in [1.54, 1.807) is 4.68 Å². The average Bonchev–Trinajstić information content (AvgIpc) is 3.17. The summed E-state index contributed by atoms with van der Waals surface area (Å²) in [5.41, 5.74) is 0.993. The lowest BCUT2D eigenvalue weighted by Gasteiger charge is -2.14. The van der Waals surface area contributed by atoms with E-state index in [4.69, 9.17) is 4.42 Å². The summed E-state index contributed by atoms with van der Waals surface area (Å²) in [5, 5.41) is 12.0. The van der Waals surface area contributed by atoms with Gasteiger partial charge in [-0.1, -0.05) is 18.2 Å². The number of rotatable bonds is 7. The van der Waals surface area contributed by atoms with Gasteiger partial charge >= 0.3 is 0 Å². The second-order valence-electron chi connectivity index (χ2n) is 5.70. The van der Waals surface area contributed by atoms with Crippen LogP contribution in [-0.4, -0.2) is 38.7 Å². The van der Waals surface area contributed by atoms with Crippen LogP contribution in [-0.2, 0) is 13.0 Å². The van der Waals surface area contributed by atoms with Crippen molar-refractivity contribution in [1.82, 2.24) is 25.1 Å². The average molecular weight is 311 g/mol. The Morgan fingerprint density at radius 2 is 1.96 bits per heavy atom. The van der Waals surface area contributed by atoms with Crippen molar-refractivity contribution in [1.29, 1.82) is 0 Å². The molecule has 0 bridgehead atoms. The molecular formula is C17H21N5O. The molecule has 0 aliphatic heterocycles. The molecule has 3 aromatic rings. The first-order chi connectivity index (χ1) is 11.2. The highest BCUT2D eigenvalue weighted by atomic mass is 16.3. The Hall–Kier alpha value is -2.47. The molecule has 3 rings (SSSR count). The first-order valence-electron chi connectivity index (χ1n) is 7.79. The smallest absolute Gasteiger partial charge is 0.156 e. The number of furan rings is 1. The van der Waals surface area contributed by atoms with Crippen molar-refractivity contribution in [3.63, 3.8) is 0 Å². The third-order valence-corrected chi connectivity index (χ3v) is 3.70. The Balaban J connectivity index is 1.52. The lowest BCUT2D eigenvalue weighted by Crippen LogP contribution is -2.19. The number of tetrazole rings is 1. The Morgan fingerprint density at radius 3 is 2.70 bits per heavy atom. The maximum atomic E-state index is 5.61. The van der Waals surface area contributed by atoms with E-state index in [9.17, 15) is 0 Å². The molecule has 6 nitrogen and oxygen atoms in total. The summed E-state index contributed by atoms with van der Waals surface area (Å²) in [6.07, 6.45) is 1.83. The zero-order valence-electron chi connectivity index (χ0n) is 13.5. The van der Waals surface area contributed by atoms with Gasteiger partial charge in [-0.15, -0.1) is 5.10 Å². The van der Waals surface area contributed by atoms with E-state index in [0.29, 0.717) is 0 Å². The molecule has 0 aliphatic carbocycles. The highest BCUT2D eigenvalue weighted by Crippen LogP contribution is 2.11. The monoisotopic (exact) mass is 311 g/mol. The lowest BCUT2D eigenvalue weighted by molar-refractivity contribution is 0.288. The summed E-state index contributed by atoms with van der Waals surface area (Å²) < 4.78 is 7.41. The molecule has 0 atom stereocenters. The van der Waals surface area contributed by atoms with Crippen LogP contribution >= 0.6 is 0 Å². The summed E-state index contributed by atoms with van der Waals surface area (Å²) in [5.74, 6) is 2.84. The molecule has 2 aromatic heterocycles. The minimum Gasteiger partial charge on any atom is -0.465 e. The predicted molar refractivity (Wildman–Crippen MR) is 87.3 cm³/mol.